The van der Waals surface area contributed by atoms with Crippen LogP contribution in [0.5, 0.6) is 0 Å². The highest BCUT2D eigenvalue weighted by atomic mass is 32.1. The van der Waals surface area contributed by atoms with E-state index in [-0.39, 0.29) is 37.9 Å². The monoisotopic (exact) mass is 238 g/mol. The molecule has 0 aliphatic heterocycles. The third-order valence-corrected chi connectivity index (χ3v) is 1.61. The fraction of sp³-hybridized carbons (Fsp3) is 0.750. The summed E-state index contributed by atoms with van der Waals surface area (Å²) in [5, 5.41) is 26.0. The molecule has 1 atom stereocenters. The van der Waals surface area contributed by atoms with Crippen molar-refractivity contribution < 1.29 is 29.6 Å². The zero-order valence-corrected chi connectivity index (χ0v) is 8.90. The van der Waals surface area contributed by atoms with Crippen LogP contribution >= 0.6 is 12.2 Å². The summed E-state index contributed by atoms with van der Waals surface area (Å²) in [6.45, 7) is -0.632. The summed E-state index contributed by atoms with van der Waals surface area (Å²) in [5.74, 6) is -0.862. The number of esters is 1. The predicted molar refractivity (Wildman–Crippen MR) is 54.3 cm³/mol. The summed E-state index contributed by atoms with van der Waals surface area (Å²) in [5.41, 5.74) is 0. The summed E-state index contributed by atoms with van der Waals surface area (Å²) in [6.07, 6.45) is -1.57. The molecule has 0 saturated heterocycles. The standard InChI is InChI=1S/C8H14O6S/c9-1-3-13-7(15)5-6(11)8(12)14-4-2-10/h6,9-11H,1-5H2. The number of hydrogen-bond donors (Lipinski definition) is 3. The summed E-state index contributed by atoms with van der Waals surface area (Å²) < 4.78 is 9.24. The second kappa shape index (κ2) is 8.54. The lowest BCUT2D eigenvalue weighted by Gasteiger charge is -2.11. The zero-order valence-electron chi connectivity index (χ0n) is 8.09. The lowest BCUT2D eigenvalue weighted by Crippen LogP contribution is -2.27. The van der Waals surface area contributed by atoms with E-state index in [2.05, 4.69) is 17.0 Å². The first kappa shape index (κ1) is 14.2. The highest BCUT2D eigenvalue weighted by molar-refractivity contribution is 7.80. The van der Waals surface area contributed by atoms with Crippen LogP contribution < -0.4 is 0 Å². The van der Waals surface area contributed by atoms with Crippen LogP contribution in [0.25, 0.3) is 0 Å². The zero-order chi connectivity index (χ0) is 11.7. The van der Waals surface area contributed by atoms with Crippen molar-refractivity contribution in [1.82, 2.24) is 0 Å². The number of hydrogen-bond acceptors (Lipinski definition) is 7. The van der Waals surface area contributed by atoms with Crippen LogP contribution in [0.15, 0.2) is 0 Å². The van der Waals surface area contributed by atoms with E-state index in [4.69, 9.17) is 14.9 Å². The number of carbonyl (C=O) groups is 1. The largest absolute Gasteiger partial charge is 0.485 e. The molecule has 0 spiro atoms. The number of thiocarbonyl (C=S) groups is 1. The summed E-state index contributed by atoms with van der Waals surface area (Å²) in [7, 11) is 0. The maximum Gasteiger partial charge on any atom is 0.335 e. The fourth-order valence-electron chi connectivity index (χ4n) is 0.702. The van der Waals surface area contributed by atoms with Crippen molar-refractivity contribution in [2.75, 3.05) is 26.4 Å². The minimum atomic E-state index is -1.40. The normalized spacial score (nSPS) is 11.9. The van der Waals surface area contributed by atoms with Crippen molar-refractivity contribution >= 4 is 23.2 Å². The van der Waals surface area contributed by atoms with Crippen molar-refractivity contribution in [3.63, 3.8) is 0 Å². The summed E-state index contributed by atoms with van der Waals surface area (Å²) in [6, 6.07) is 0. The molecule has 0 aromatic heterocycles. The van der Waals surface area contributed by atoms with Crippen LogP contribution in [0.3, 0.4) is 0 Å². The van der Waals surface area contributed by atoms with Crippen molar-refractivity contribution in [2.24, 2.45) is 0 Å². The Morgan fingerprint density at radius 1 is 1.20 bits per heavy atom. The molecule has 0 bridgehead atoms. The van der Waals surface area contributed by atoms with Gasteiger partial charge in [-0.2, -0.15) is 0 Å². The number of aliphatic hydroxyl groups excluding tert-OH is 3. The molecule has 0 amide bonds. The van der Waals surface area contributed by atoms with Crippen LogP contribution in [0.1, 0.15) is 6.42 Å². The van der Waals surface area contributed by atoms with Gasteiger partial charge in [-0.25, -0.2) is 4.79 Å². The van der Waals surface area contributed by atoms with E-state index in [0.717, 1.165) is 0 Å². The first-order valence-corrected chi connectivity index (χ1v) is 4.74. The van der Waals surface area contributed by atoms with Crippen LogP contribution in [0.2, 0.25) is 0 Å². The molecule has 0 saturated carbocycles. The Balaban J connectivity index is 3.75. The van der Waals surface area contributed by atoms with Gasteiger partial charge in [0.15, 0.2) is 11.2 Å². The van der Waals surface area contributed by atoms with Crippen molar-refractivity contribution in [1.29, 1.82) is 0 Å². The summed E-state index contributed by atoms with van der Waals surface area (Å²) >= 11 is 4.68. The third kappa shape index (κ3) is 7.20. The third-order valence-electron chi connectivity index (χ3n) is 1.32. The Labute approximate surface area is 92.4 Å². The Morgan fingerprint density at radius 3 is 2.27 bits per heavy atom. The summed E-state index contributed by atoms with van der Waals surface area (Å²) in [4.78, 5) is 11.0. The van der Waals surface area contributed by atoms with Crippen molar-refractivity contribution in [2.45, 2.75) is 12.5 Å². The van der Waals surface area contributed by atoms with Crippen molar-refractivity contribution in [3.8, 4) is 0 Å². The molecule has 7 heteroatoms. The van der Waals surface area contributed by atoms with Crippen LogP contribution in [0.4, 0.5) is 0 Å². The van der Waals surface area contributed by atoms with Gasteiger partial charge in [-0.1, -0.05) is 0 Å². The minimum absolute atomic E-state index is 0.0250. The van der Waals surface area contributed by atoms with Gasteiger partial charge in [0.25, 0.3) is 0 Å². The highest BCUT2D eigenvalue weighted by Crippen LogP contribution is 1.99. The topological polar surface area (TPSA) is 96.2 Å². The Morgan fingerprint density at radius 2 is 1.73 bits per heavy atom. The van der Waals surface area contributed by atoms with Crippen molar-refractivity contribution in [3.05, 3.63) is 0 Å². The molecule has 0 fully saturated rings. The van der Waals surface area contributed by atoms with Gasteiger partial charge in [0.05, 0.1) is 19.6 Å². The van der Waals surface area contributed by atoms with Crippen LogP contribution in [-0.4, -0.2) is 58.9 Å². The van der Waals surface area contributed by atoms with E-state index in [1.165, 1.54) is 0 Å². The molecule has 3 N–H and O–H groups in total. The van der Waals surface area contributed by atoms with E-state index in [1.807, 2.05) is 0 Å². The maximum atomic E-state index is 11.0. The second-order valence-corrected chi connectivity index (χ2v) is 3.01. The molecule has 0 radical (unpaired) electrons. The minimum Gasteiger partial charge on any atom is -0.485 e. The van der Waals surface area contributed by atoms with Gasteiger partial charge in [0.2, 0.25) is 0 Å². The van der Waals surface area contributed by atoms with E-state index in [9.17, 15) is 9.90 Å². The molecule has 0 aromatic carbocycles. The predicted octanol–water partition coefficient (Wildman–Crippen LogP) is -1.39. The SMILES string of the molecule is O=C(OCCO)C(O)CC(=S)OCCO. The van der Waals surface area contributed by atoms with Gasteiger partial charge in [0, 0.05) is 0 Å². The number of carbonyl (C=O) groups excluding carboxylic acids is 1. The number of ether oxygens (including phenoxy) is 2. The Hall–Kier alpha value is -0.760. The maximum absolute atomic E-state index is 11.0. The van der Waals surface area contributed by atoms with Gasteiger partial charge < -0.3 is 24.8 Å². The second-order valence-electron chi connectivity index (χ2n) is 2.56. The number of rotatable bonds is 7. The van der Waals surface area contributed by atoms with E-state index < -0.39 is 12.1 Å². The molecule has 0 rings (SSSR count). The average Bonchev–Trinajstić information content (AvgIpc) is 2.22. The van der Waals surface area contributed by atoms with Gasteiger partial charge in [-0.05, 0) is 12.2 Å². The molecule has 0 heterocycles. The van der Waals surface area contributed by atoms with E-state index in [0.29, 0.717) is 0 Å². The highest BCUT2D eigenvalue weighted by Gasteiger charge is 2.18. The fourth-order valence-corrected chi connectivity index (χ4v) is 0.943. The molecule has 1 unspecified atom stereocenters. The average molecular weight is 238 g/mol. The molecular formula is C8H14O6S. The molecule has 0 aliphatic carbocycles. The van der Waals surface area contributed by atoms with Gasteiger partial charge in [0.1, 0.15) is 13.2 Å². The van der Waals surface area contributed by atoms with Gasteiger partial charge in [-0.3, -0.25) is 0 Å². The molecular weight excluding hydrogens is 224 g/mol. The molecule has 0 aliphatic rings. The van der Waals surface area contributed by atoms with Crippen LogP contribution in [-0.2, 0) is 14.3 Å². The first-order valence-electron chi connectivity index (χ1n) is 4.33. The lowest BCUT2D eigenvalue weighted by molar-refractivity contribution is -0.154. The smallest absolute Gasteiger partial charge is 0.335 e. The Kier molecular flexibility index (Phi) is 8.11. The Bertz CT molecular complexity index is 207. The molecule has 88 valence electrons. The van der Waals surface area contributed by atoms with Gasteiger partial charge in [-0.15, -0.1) is 0 Å². The van der Waals surface area contributed by atoms with E-state index in [1.54, 1.807) is 0 Å². The van der Waals surface area contributed by atoms with E-state index >= 15 is 0 Å². The first-order chi connectivity index (χ1) is 7.11. The quantitative estimate of drug-likeness (QED) is 0.371. The number of aliphatic hydroxyl groups is 3. The molecule has 15 heavy (non-hydrogen) atoms. The van der Waals surface area contributed by atoms with Gasteiger partial charge >= 0.3 is 5.97 Å². The molecule has 0 aromatic rings. The lowest BCUT2D eigenvalue weighted by atomic mass is 10.3. The molecule has 6 nitrogen and oxygen atoms in total. The van der Waals surface area contributed by atoms with Crippen LogP contribution in [0, 0.1) is 0 Å².